The first kappa shape index (κ1) is 12.5. The highest BCUT2D eigenvalue weighted by molar-refractivity contribution is 5.80. The summed E-state index contributed by atoms with van der Waals surface area (Å²) in [6, 6.07) is 6.03. The summed E-state index contributed by atoms with van der Waals surface area (Å²) < 4.78 is 14.6. The largest absolute Gasteiger partial charge is 0.328 e. The lowest BCUT2D eigenvalue weighted by Crippen LogP contribution is -2.14. The Morgan fingerprint density at radius 2 is 2.06 bits per heavy atom. The lowest BCUT2D eigenvalue weighted by atomic mass is 10.1. The van der Waals surface area contributed by atoms with E-state index >= 15 is 0 Å². The number of carbonyl (C=O) groups is 1. The van der Waals surface area contributed by atoms with Crippen LogP contribution in [0, 0.1) is 5.82 Å². The van der Waals surface area contributed by atoms with Gasteiger partial charge in [0.25, 0.3) is 0 Å². The third-order valence-corrected chi connectivity index (χ3v) is 2.78. The van der Waals surface area contributed by atoms with Gasteiger partial charge in [-0.2, -0.15) is 0 Å². The van der Waals surface area contributed by atoms with Crippen molar-refractivity contribution in [2.24, 2.45) is 0 Å². The highest BCUT2D eigenvalue weighted by atomic mass is 19.1. The molecular formula is C14H15FN2O. The third kappa shape index (κ3) is 3.03. The van der Waals surface area contributed by atoms with Crippen LogP contribution in [0.5, 0.6) is 0 Å². The van der Waals surface area contributed by atoms with Crippen LogP contribution in [0.25, 0.3) is 0 Å². The van der Waals surface area contributed by atoms with E-state index in [0.717, 1.165) is 17.8 Å². The molecule has 1 aromatic heterocycles. The number of carbonyl (C=O) groups excluding carboxylic acids is 1. The summed E-state index contributed by atoms with van der Waals surface area (Å²) in [6.07, 6.45) is 4.63. The lowest BCUT2D eigenvalue weighted by Gasteiger charge is -2.05. The smallest absolute Gasteiger partial charge is 0.156 e. The first-order valence-corrected chi connectivity index (χ1v) is 5.95. The number of benzene rings is 1. The first-order valence-electron chi connectivity index (χ1n) is 5.95. The van der Waals surface area contributed by atoms with Crippen molar-refractivity contribution in [2.75, 3.05) is 0 Å². The fraction of sp³-hybridized carbons (Fsp3) is 0.286. The van der Waals surface area contributed by atoms with Crippen molar-refractivity contribution in [1.82, 2.24) is 9.55 Å². The zero-order valence-corrected chi connectivity index (χ0v) is 10.3. The molecule has 1 heterocycles. The number of hydrogen-bond donors (Lipinski definition) is 0. The number of hydrogen-bond acceptors (Lipinski definition) is 2. The van der Waals surface area contributed by atoms with Crippen molar-refractivity contribution in [3.63, 3.8) is 0 Å². The van der Waals surface area contributed by atoms with Crippen LogP contribution in [0.3, 0.4) is 0 Å². The molecule has 3 nitrogen and oxygen atoms in total. The van der Waals surface area contributed by atoms with Gasteiger partial charge in [-0.05, 0) is 17.7 Å². The molecule has 0 saturated carbocycles. The van der Waals surface area contributed by atoms with Crippen molar-refractivity contribution in [3.8, 4) is 0 Å². The van der Waals surface area contributed by atoms with Crippen molar-refractivity contribution in [3.05, 3.63) is 53.9 Å². The minimum absolute atomic E-state index is 0.0920. The third-order valence-electron chi connectivity index (χ3n) is 2.78. The van der Waals surface area contributed by atoms with E-state index in [9.17, 15) is 9.18 Å². The van der Waals surface area contributed by atoms with E-state index in [4.69, 9.17) is 0 Å². The van der Waals surface area contributed by atoms with Crippen LogP contribution in [-0.4, -0.2) is 15.3 Å². The van der Waals surface area contributed by atoms with Gasteiger partial charge in [0.1, 0.15) is 11.6 Å². The van der Waals surface area contributed by atoms with E-state index < -0.39 is 0 Å². The standard InChI is InChI=1S/C14H15FN2O/c1-2-14-16-7-8-17(14)10-13(18)9-11-3-5-12(15)6-4-11/h3-8H,2,9-10H2,1H3. The summed E-state index contributed by atoms with van der Waals surface area (Å²) in [5, 5.41) is 0. The van der Waals surface area contributed by atoms with Crippen LogP contribution in [-0.2, 0) is 24.2 Å². The minimum atomic E-state index is -0.283. The molecule has 0 amide bonds. The average molecular weight is 246 g/mol. The Morgan fingerprint density at radius 1 is 1.33 bits per heavy atom. The van der Waals surface area contributed by atoms with Crippen molar-refractivity contribution < 1.29 is 9.18 Å². The fourth-order valence-corrected chi connectivity index (χ4v) is 1.87. The van der Waals surface area contributed by atoms with Gasteiger partial charge in [-0.3, -0.25) is 4.79 Å². The fourth-order valence-electron chi connectivity index (χ4n) is 1.87. The molecule has 2 rings (SSSR count). The van der Waals surface area contributed by atoms with E-state index in [0.29, 0.717) is 13.0 Å². The normalized spacial score (nSPS) is 10.6. The zero-order valence-electron chi connectivity index (χ0n) is 10.3. The summed E-state index contributed by atoms with van der Waals surface area (Å²) in [7, 11) is 0. The van der Waals surface area contributed by atoms with Gasteiger partial charge < -0.3 is 4.57 Å². The number of imidazole rings is 1. The lowest BCUT2D eigenvalue weighted by molar-refractivity contribution is -0.119. The molecule has 18 heavy (non-hydrogen) atoms. The molecule has 0 unspecified atom stereocenters. The van der Waals surface area contributed by atoms with Crippen molar-refractivity contribution in [1.29, 1.82) is 0 Å². The zero-order chi connectivity index (χ0) is 13.0. The number of ketones is 1. The van der Waals surface area contributed by atoms with Gasteiger partial charge in [-0.1, -0.05) is 19.1 Å². The average Bonchev–Trinajstić information content (AvgIpc) is 2.79. The van der Waals surface area contributed by atoms with E-state index in [-0.39, 0.29) is 11.6 Å². The molecule has 0 radical (unpaired) electrons. The predicted octanol–water partition coefficient (Wildman–Crippen LogP) is 2.40. The maximum Gasteiger partial charge on any atom is 0.156 e. The van der Waals surface area contributed by atoms with Gasteiger partial charge in [-0.25, -0.2) is 9.37 Å². The molecule has 94 valence electrons. The second-order valence-corrected chi connectivity index (χ2v) is 4.17. The molecule has 0 atom stereocenters. The Bertz CT molecular complexity index is 531. The maximum atomic E-state index is 12.7. The summed E-state index contributed by atoms with van der Waals surface area (Å²) in [6.45, 7) is 2.32. The van der Waals surface area contributed by atoms with Gasteiger partial charge in [0.15, 0.2) is 5.78 Å². The molecule has 0 fully saturated rings. The van der Waals surface area contributed by atoms with E-state index in [1.807, 2.05) is 11.5 Å². The van der Waals surface area contributed by atoms with Crippen LogP contribution in [0.2, 0.25) is 0 Å². The van der Waals surface area contributed by atoms with Crippen molar-refractivity contribution >= 4 is 5.78 Å². The molecule has 0 aliphatic carbocycles. The SMILES string of the molecule is CCc1nccn1CC(=O)Cc1ccc(F)cc1. The molecule has 0 spiro atoms. The highest BCUT2D eigenvalue weighted by Crippen LogP contribution is 2.06. The molecule has 0 bridgehead atoms. The van der Waals surface area contributed by atoms with Crippen LogP contribution >= 0.6 is 0 Å². The highest BCUT2D eigenvalue weighted by Gasteiger charge is 2.07. The molecule has 0 aliphatic rings. The van der Waals surface area contributed by atoms with Gasteiger partial charge in [0, 0.05) is 25.2 Å². The van der Waals surface area contributed by atoms with E-state index in [2.05, 4.69) is 4.98 Å². The number of aromatic nitrogens is 2. The van der Waals surface area contributed by atoms with Crippen LogP contribution in [0.1, 0.15) is 18.3 Å². The Kier molecular flexibility index (Phi) is 3.87. The first-order chi connectivity index (χ1) is 8.69. The van der Waals surface area contributed by atoms with E-state index in [1.54, 1.807) is 24.5 Å². The molecule has 1 aromatic carbocycles. The summed E-state index contributed by atoms with van der Waals surface area (Å²) >= 11 is 0. The summed E-state index contributed by atoms with van der Waals surface area (Å²) in [5.74, 6) is 0.714. The molecule has 0 N–H and O–H groups in total. The Balaban J connectivity index is 1.99. The van der Waals surface area contributed by atoms with Crippen LogP contribution < -0.4 is 0 Å². The van der Waals surface area contributed by atoms with Gasteiger partial charge in [0.05, 0.1) is 6.54 Å². The summed E-state index contributed by atoms with van der Waals surface area (Å²) in [5.41, 5.74) is 0.833. The number of rotatable bonds is 5. The Labute approximate surface area is 105 Å². The second kappa shape index (κ2) is 5.58. The quantitative estimate of drug-likeness (QED) is 0.812. The van der Waals surface area contributed by atoms with Crippen molar-refractivity contribution in [2.45, 2.75) is 26.3 Å². The molecule has 4 heteroatoms. The van der Waals surface area contributed by atoms with E-state index in [1.165, 1.54) is 12.1 Å². The topological polar surface area (TPSA) is 34.9 Å². The Morgan fingerprint density at radius 3 is 2.72 bits per heavy atom. The number of Topliss-reactive ketones (excluding diaryl/α,β-unsaturated/α-hetero) is 1. The van der Waals surface area contributed by atoms with Gasteiger partial charge in [0.2, 0.25) is 0 Å². The second-order valence-electron chi connectivity index (χ2n) is 4.17. The summed E-state index contributed by atoms with van der Waals surface area (Å²) in [4.78, 5) is 16.1. The maximum absolute atomic E-state index is 12.7. The molecule has 0 aliphatic heterocycles. The molecule has 2 aromatic rings. The van der Waals surface area contributed by atoms with Gasteiger partial charge in [-0.15, -0.1) is 0 Å². The molecule has 0 saturated heterocycles. The minimum Gasteiger partial charge on any atom is -0.328 e. The van der Waals surface area contributed by atoms with Gasteiger partial charge >= 0.3 is 0 Å². The number of aryl methyl sites for hydroxylation is 1. The Hall–Kier alpha value is -1.97. The number of halogens is 1. The van der Waals surface area contributed by atoms with Crippen LogP contribution in [0.4, 0.5) is 4.39 Å². The monoisotopic (exact) mass is 246 g/mol. The molecular weight excluding hydrogens is 231 g/mol. The predicted molar refractivity (Wildman–Crippen MR) is 66.7 cm³/mol. The van der Waals surface area contributed by atoms with Crippen LogP contribution in [0.15, 0.2) is 36.7 Å². The number of nitrogens with zero attached hydrogens (tertiary/aromatic N) is 2.